The van der Waals surface area contributed by atoms with Crippen LogP contribution in [-0.4, -0.2) is 33.5 Å². The first-order valence-electron chi connectivity index (χ1n) is 10.4. The average molecular weight is 418 g/mol. The number of Topliss-reactive ketones (excluding diaryl/α,β-unsaturated/α-hetero) is 1. The summed E-state index contributed by atoms with van der Waals surface area (Å²) in [6.45, 7) is 2.23. The summed E-state index contributed by atoms with van der Waals surface area (Å²) in [4.78, 5) is 29.0. The number of ketones is 1. The number of fused-ring (bicyclic) bond motifs is 3. The van der Waals surface area contributed by atoms with Gasteiger partial charge in [0.2, 0.25) is 5.88 Å². The van der Waals surface area contributed by atoms with Crippen molar-refractivity contribution < 1.29 is 19.0 Å². The van der Waals surface area contributed by atoms with Gasteiger partial charge in [0, 0.05) is 24.7 Å². The lowest BCUT2D eigenvalue weighted by Gasteiger charge is -2.42. The quantitative estimate of drug-likeness (QED) is 0.610. The molecule has 31 heavy (non-hydrogen) atoms. The third kappa shape index (κ3) is 3.81. The number of benzene rings is 1. The number of pyridine rings is 1. The Kier molecular flexibility index (Phi) is 4.97. The van der Waals surface area contributed by atoms with Crippen LogP contribution >= 0.6 is 0 Å². The Morgan fingerprint density at radius 3 is 2.77 bits per heavy atom. The number of ether oxygens (including phenoxy) is 1. The molecule has 0 aliphatic heterocycles. The first-order chi connectivity index (χ1) is 15.1. The molecule has 8 nitrogen and oxygen atoms in total. The fourth-order valence-electron chi connectivity index (χ4n) is 4.69. The van der Waals surface area contributed by atoms with Crippen LogP contribution < -0.4 is 10.1 Å². The van der Waals surface area contributed by atoms with Crippen molar-refractivity contribution in [2.24, 2.45) is 23.7 Å². The van der Waals surface area contributed by atoms with Crippen LogP contribution in [0.25, 0.3) is 11.0 Å². The van der Waals surface area contributed by atoms with Crippen molar-refractivity contribution in [1.82, 2.24) is 20.6 Å². The maximum Gasteiger partial charge on any atom is 0.256 e. The van der Waals surface area contributed by atoms with Crippen LogP contribution in [0.4, 0.5) is 0 Å². The molecule has 1 N–H and O–H groups in total. The van der Waals surface area contributed by atoms with E-state index in [-0.39, 0.29) is 29.4 Å². The molecule has 0 radical (unpaired) electrons. The number of nitrogens with one attached hydrogen (secondary N) is 1. The van der Waals surface area contributed by atoms with Gasteiger partial charge in [0.25, 0.3) is 5.91 Å². The monoisotopic (exact) mass is 418 g/mol. The summed E-state index contributed by atoms with van der Waals surface area (Å²) >= 11 is 0. The maximum absolute atomic E-state index is 12.9. The smallest absolute Gasteiger partial charge is 0.256 e. The van der Waals surface area contributed by atoms with Crippen LogP contribution in [0, 0.1) is 23.7 Å². The molecule has 8 heteroatoms. The van der Waals surface area contributed by atoms with Gasteiger partial charge in [0.15, 0.2) is 0 Å². The molecule has 1 amide bonds. The summed E-state index contributed by atoms with van der Waals surface area (Å²) in [7, 11) is 0. The van der Waals surface area contributed by atoms with E-state index in [2.05, 4.69) is 32.8 Å². The zero-order valence-electron chi connectivity index (χ0n) is 17.0. The molecule has 4 unspecified atom stereocenters. The molecule has 3 aliphatic carbocycles. The molecule has 1 saturated carbocycles. The van der Waals surface area contributed by atoms with Crippen LogP contribution in [0.2, 0.25) is 0 Å². The molecule has 158 valence electrons. The van der Waals surface area contributed by atoms with Crippen LogP contribution in [0.1, 0.15) is 30.1 Å². The van der Waals surface area contributed by atoms with Crippen molar-refractivity contribution in [2.45, 2.75) is 19.8 Å². The molecular weight excluding hydrogens is 396 g/mol. The largest absolute Gasteiger partial charge is 0.438 e. The molecule has 2 bridgehead atoms. The van der Waals surface area contributed by atoms with Crippen molar-refractivity contribution in [3.05, 3.63) is 54.2 Å². The van der Waals surface area contributed by atoms with Crippen LogP contribution in [-0.2, 0) is 4.79 Å². The van der Waals surface area contributed by atoms with Crippen molar-refractivity contribution in [2.75, 3.05) is 6.54 Å². The predicted octanol–water partition coefficient (Wildman–Crippen LogP) is 3.56. The van der Waals surface area contributed by atoms with Gasteiger partial charge in [-0.2, -0.15) is 0 Å². The number of allylic oxidation sites excluding steroid dienone is 2. The summed E-state index contributed by atoms with van der Waals surface area (Å²) in [6, 6.07) is 8.52. The fourth-order valence-corrected chi connectivity index (χ4v) is 4.69. The number of nitrogens with zero attached hydrogens (tertiary/aromatic N) is 3. The van der Waals surface area contributed by atoms with Crippen LogP contribution in [0.5, 0.6) is 11.6 Å². The minimum absolute atomic E-state index is 0.123. The lowest BCUT2D eigenvalue weighted by molar-refractivity contribution is -0.124. The molecule has 3 aromatic rings. The number of rotatable bonds is 6. The highest BCUT2D eigenvalue weighted by Gasteiger charge is 2.40. The van der Waals surface area contributed by atoms with Gasteiger partial charge in [-0.1, -0.05) is 12.2 Å². The van der Waals surface area contributed by atoms with E-state index in [1.165, 1.54) is 0 Å². The van der Waals surface area contributed by atoms with E-state index >= 15 is 0 Å². The molecule has 0 spiro atoms. The summed E-state index contributed by atoms with van der Waals surface area (Å²) in [5.41, 5.74) is 1.54. The average Bonchev–Trinajstić information content (AvgIpc) is 3.26. The number of aromatic nitrogens is 3. The van der Waals surface area contributed by atoms with E-state index in [1.54, 1.807) is 43.5 Å². The molecular formula is C23H22N4O4. The van der Waals surface area contributed by atoms with Crippen LogP contribution in [0.15, 0.2) is 53.3 Å². The Labute approximate surface area is 178 Å². The SMILES string of the molecule is CC(=O)C1CC2C=CC1CC2CNC(=O)c1cccnc1Oc1ccc2nonc2c1. The summed E-state index contributed by atoms with van der Waals surface area (Å²) in [6.07, 6.45) is 7.76. The van der Waals surface area contributed by atoms with Crippen molar-refractivity contribution >= 4 is 22.7 Å². The van der Waals surface area contributed by atoms with E-state index in [0.29, 0.717) is 40.7 Å². The minimum Gasteiger partial charge on any atom is -0.438 e. The highest BCUT2D eigenvalue weighted by atomic mass is 16.6. The Bertz CT molecular complexity index is 1170. The highest BCUT2D eigenvalue weighted by Crippen LogP contribution is 2.44. The van der Waals surface area contributed by atoms with Gasteiger partial charge in [-0.05, 0) is 72.1 Å². The number of hydrogen-bond donors (Lipinski definition) is 1. The Hall–Kier alpha value is -3.55. The van der Waals surface area contributed by atoms with Gasteiger partial charge in [-0.3, -0.25) is 9.59 Å². The zero-order chi connectivity index (χ0) is 21.4. The van der Waals surface area contributed by atoms with E-state index in [0.717, 1.165) is 12.8 Å². The normalized spacial score (nSPS) is 24.3. The molecule has 1 fully saturated rings. The number of hydrogen-bond acceptors (Lipinski definition) is 7. The molecule has 3 aliphatic rings. The topological polar surface area (TPSA) is 107 Å². The van der Waals surface area contributed by atoms with Crippen molar-refractivity contribution in [3.8, 4) is 11.6 Å². The van der Waals surface area contributed by atoms with Crippen molar-refractivity contribution in [3.63, 3.8) is 0 Å². The van der Waals surface area contributed by atoms with Gasteiger partial charge >= 0.3 is 0 Å². The fraction of sp³-hybridized carbons (Fsp3) is 0.348. The first-order valence-corrected chi connectivity index (χ1v) is 10.4. The van der Waals surface area contributed by atoms with E-state index in [4.69, 9.17) is 9.37 Å². The second-order valence-electron chi connectivity index (χ2n) is 8.24. The second kappa shape index (κ2) is 7.94. The predicted molar refractivity (Wildman–Crippen MR) is 111 cm³/mol. The Morgan fingerprint density at radius 1 is 1.13 bits per heavy atom. The number of carbonyl (C=O) groups is 2. The standard InChI is InChI=1S/C23H22N4O4/c1-13(28)19-10-14-4-5-15(19)9-16(14)12-25-22(29)18-3-2-8-24-23(18)30-17-6-7-20-21(11-17)27-31-26-20/h2-8,11,14-16,19H,9-10,12H2,1H3,(H,25,29). The highest BCUT2D eigenvalue weighted by molar-refractivity contribution is 5.96. The summed E-state index contributed by atoms with van der Waals surface area (Å²) in [5, 5.41) is 10.6. The molecule has 0 saturated heterocycles. The van der Waals surface area contributed by atoms with E-state index in [9.17, 15) is 9.59 Å². The van der Waals surface area contributed by atoms with Gasteiger partial charge < -0.3 is 10.1 Å². The van der Waals surface area contributed by atoms with Gasteiger partial charge in [0.1, 0.15) is 28.1 Å². The van der Waals surface area contributed by atoms with Gasteiger partial charge in [-0.25, -0.2) is 9.61 Å². The Balaban J connectivity index is 1.26. The third-order valence-corrected chi connectivity index (χ3v) is 6.33. The first kappa shape index (κ1) is 19.4. The van der Waals surface area contributed by atoms with Gasteiger partial charge in [-0.15, -0.1) is 0 Å². The molecule has 2 heterocycles. The van der Waals surface area contributed by atoms with Crippen molar-refractivity contribution in [1.29, 1.82) is 0 Å². The molecule has 2 aromatic heterocycles. The van der Waals surface area contributed by atoms with E-state index < -0.39 is 0 Å². The van der Waals surface area contributed by atoms with Crippen LogP contribution in [0.3, 0.4) is 0 Å². The van der Waals surface area contributed by atoms with Gasteiger partial charge in [0.05, 0.1) is 0 Å². The van der Waals surface area contributed by atoms with E-state index in [1.807, 2.05) is 0 Å². The maximum atomic E-state index is 12.9. The molecule has 6 rings (SSSR count). The zero-order valence-corrected chi connectivity index (χ0v) is 17.0. The lowest BCUT2D eigenvalue weighted by atomic mass is 9.63. The number of carbonyl (C=O) groups excluding carboxylic acids is 2. The lowest BCUT2D eigenvalue weighted by Crippen LogP contribution is -2.42. The summed E-state index contributed by atoms with van der Waals surface area (Å²) in [5.74, 6) is 1.79. The molecule has 1 aromatic carbocycles. The molecule has 4 atom stereocenters. The number of amides is 1. The minimum atomic E-state index is -0.235. The third-order valence-electron chi connectivity index (χ3n) is 6.33. The second-order valence-corrected chi connectivity index (χ2v) is 8.24. The Morgan fingerprint density at radius 2 is 1.97 bits per heavy atom. The summed E-state index contributed by atoms with van der Waals surface area (Å²) < 4.78 is 10.6.